The zero-order chi connectivity index (χ0) is 18.1. The fourth-order valence-corrected chi connectivity index (χ4v) is 3.94. The predicted molar refractivity (Wildman–Crippen MR) is 97.9 cm³/mol. The Labute approximate surface area is 152 Å². The number of hydrogen-bond acceptors (Lipinski definition) is 2. The number of rotatable bonds is 3. The second-order valence-corrected chi connectivity index (χ2v) is 6.97. The molecule has 0 aromatic heterocycles. The largest absolute Gasteiger partial charge is 0.349 e. The summed E-state index contributed by atoms with van der Waals surface area (Å²) in [5.41, 5.74) is 2.79. The molecule has 0 unspecified atom stereocenters. The number of fused-ring (bicyclic) bond motifs is 1. The van der Waals surface area contributed by atoms with Crippen LogP contribution >= 0.6 is 0 Å². The Hall–Kier alpha value is -2.69. The minimum atomic E-state index is -0.366. The van der Waals surface area contributed by atoms with E-state index < -0.39 is 0 Å². The molecule has 4 rings (SSSR count). The fraction of sp³-hybridized carbons (Fsp3) is 0.333. The van der Waals surface area contributed by atoms with Crippen LogP contribution < -0.4 is 10.2 Å². The third kappa shape index (κ3) is 3.09. The average molecular weight is 352 g/mol. The fourth-order valence-electron chi connectivity index (χ4n) is 3.94. The van der Waals surface area contributed by atoms with Crippen LogP contribution in [0, 0.1) is 5.82 Å². The highest BCUT2D eigenvalue weighted by Crippen LogP contribution is 2.32. The van der Waals surface area contributed by atoms with Gasteiger partial charge in [-0.2, -0.15) is 0 Å². The summed E-state index contributed by atoms with van der Waals surface area (Å²) in [5.74, 6) is -0.587. The molecule has 5 heteroatoms. The first-order valence-electron chi connectivity index (χ1n) is 9.13. The molecular weight excluding hydrogens is 331 g/mol. The molecule has 0 atom stereocenters. The predicted octanol–water partition coefficient (Wildman–Crippen LogP) is 3.70. The Kier molecular flexibility index (Phi) is 4.45. The highest BCUT2D eigenvalue weighted by atomic mass is 19.1. The van der Waals surface area contributed by atoms with Gasteiger partial charge in [-0.05, 0) is 61.2 Å². The normalized spacial score (nSPS) is 16.6. The molecule has 1 aliphatic heterocycles. The summed E-state index contributed by atoms with van der Waals surface area (Å²) in [5, 5.41) is 3.12. The van der Waals surface area contributed by atoms with E-state index in [1.807, 2.05) is 18.2 Å². The van der Waals surface area contributed by atoms with Crippen LogP contribution in [0.25, 0.3) is 0 Å². The van der Waals surface area contributed by atoms with Crippen molar-refractivity contribution < 1.29 is 14.0 Å². The van der Waals surface area contributed by atoms with Crippen LogP contribution in [0.1, 0.15) is 52.0 Å². The van der Waals surface area contributed by atoms with E-state index in [0.717, 1.165) is 36.9 Å². The first-order valence-corrected chi connectivity index (χ1v) is 9.13. The number of anilines is 1. The third-order valence-corrected chi connectivity index (χ3v) is 5.30. The van der Waals surface area contributed by atoms with E-state index in [-0.39, 0.29) is 23.7 Å². The van der Waals surface area contributed by atoms with Gasteiger partial charge in [0.25, 0.3) is 11.8 Å². The topological polar surface area (TPSA) is 49.4 Å². The van der Waals surface area contributed by atoms with E-state index in [2.05, 4.69) is 5.32 Å². The van der Waals surface area contributed by atoms with Crippen molar-refractivity contribution in [3.8, 4) is 0 Å². The molecule has 4 nitrogen and oxygen atoms in total. The second kappa shape index (κ2) is 6.90. The molecular formula is C21H21FN2O2. The minimum absolute atomic E-state index is 0.0511. The van der Waals surface area contributed by atoms with Crippen molar-refractivity contribution >= 4 is 17.5 Å². The number of carbonyl (C=O) groups excluding carboxylic acids is 2. The summed E-state index contributed by atoms with van der Waals surface area (Å²) >= 11 is 0. The molecule has 0 bridgehead atoms. The average Bonchev–Trinajstić information content (AvgIpc) is 3.31. The van der Waals surface area contributed by atoms with Crippen LogP contribution in [0.3, 0.4) is 0 Å². The van der Waals surface area contributed by atoms with Crippen molar-refractivity contribution in [1.29, 1.82) is 0 Å². The summed E-state index contributed by atoms with van der Waals surface area (Å²) in [6.07, 6.45) is 5.05. The smallest absolute Gasteiger partial charge is 0.258 e. The first kappa shape index (κ1) is 16.8. The first-order chi connectivity index (χ1) is 12.6. The highest BCUT2D eigenvalue weighted by molar-refractivity contribution is 6.08. The number of amides is 2. The van der Waals surface area contributed by atoms with Crippen molar-refractivity contribution in [3.05, 3.63) is 65.0 Å². The van der Waals surface area contributed by atoms with Gasteiger partial charge in [-0.25, -0.2) is 4.39 Å². The molecule has 2 aromatic rings. The van der Waals surface area contributed by atoms with Crippen LogP contribution in [-0.2, 0) is 6.42 Å². The standard InChI is InChI=1S/C21H21FN2O2/c22-15-10-8-14(9-11-15)21(26)24-13-12-17-18(6-3-7-19(17)24)20(25)23-16-4-1-2-5-16/h3,6-11,16H,1-2,4-5,12-13H2,(H,23,25). The lowest BCUT2D eigenvalue weighted by Gasteiger charge is -2.18. The van der Waals surface area contributed by atoms with Gasteiger partial charge < -0.3 is 10.2 Å². The Bertz CT molecular complexity index is 842. The maximum Gasteiger partial charge on any atom is 0.258 e. The van der Waals surface area contributed by atoms with Crippen molar-refractivity contribution in [2.24, 2.45) is 0 Å². The maximum atomic E-state index is 13.1. The van der Waals surface area contributed by atoms with Gasteiger partial charge in [0.2, 0.25) is 0 Å². The molecule has 1 fully saturated rings. The molecule has 1 saturated carbocycles. The summed E-state index contributed by atoms with van der Waals surface area (Å²) in [6.45, 7) is 0.527. The highest BCUT2D eigenvalue weighted by Gasteiger charge is 2.29. The van der Waals surface area contributed by atoms with E-state index in [1.54, 1.807) is 4.90 Å². The Morgan fingerprint density at radius 3 is 2.50 bits per heavy atom. The summed E-state index contributed by atoms with van der Waals surface area (Å²) < 4.78 is 13.1. The second-order valence-electron chi connectivity index (χ2n) is 6.97. The lowest BCUT2D eigenvalue weighted by atomic mass is 10.0. The van der Waals surface area contributed by atoms with Gasteiger partial charge in [-0.3, -0.25) is 9.59 Å². The van der Waals surface area contributed by atoms with Crippen LogP contribution in [0.4, 0.5) is 10.1 Å². The van der Waals surface area contributed by atoms with E-state index in [9.17, 15) is 14.0 Å². The van der Waals surface area contributed by atoms with Crippen molar-refractivity contribution in [3.63, 3.8) is 0 Å². The summed E-state index contributed by atoms with van der Waals surface area (Å²) in [4.78, 5) is 27.1. The van der Waals surface area contributed by atoms with Crippen molar-refractivity contribution in [1.82, 2.24) is 5.32 Å². The SMILES string of the molecule is O=C(NC1CCCC1)c1cccc2c1CCN2C(=O)c1ccc(F)cc1. The third-order valence-electron chi connectivity index (χ3n) is 5.30. The van der Waals surface area contributed by atoms with E-state index in [0.29, 0.717) is 24.1 Å². The number of hydrogen-bond donors (Lipinski definition) is 1. The number of halogens is 1. The van der Waals surface area contributed by atoms with Crippen LogP contribution in [-0.4, -0.2) is 24.4 Å². The molecule has 1 heterocycles. The van der Waals surface area contributed by atoms with Gasteiger partial charge in [0.05, 0.1) is 0 Å². The molecule has 2 aromatic carbocycles. The van der Waals surface area contributed by atoms with Crippen LogP contribution in [0.5, 0.6) is 0 Å². The molecule has 26 heavy (non-hydrogen) atoms. The number of nitrogens with one attached hydrogen (secondary N) is 1. The maximum absolute atomic E-state index is 13.1. The minimum Gasteiger partial charge on any atom is -0.349 e. The van der Waals surface area contributed by atoms with E-state index >= 15 is 0 Å². The van der Waals surface area contributed by atoms with Crippen LogP contribution in [0.2, 0.25) is 0 Å². The lowest BCUT2D eigenvalue weighted by molar-refractivity contribution is 0.0935. The molecule has 2 aliphatic rings. The molecule has 134 valence electrons. The van der Waals surface area contributed by atoms with Gasteiger partial charge in [0, 0.05) is 29.4 Å². The number of nitrogens with zero attached hydrogens (tertiary/aromatic N) is 1. The molecule has 1 aliphatic carbocycles. The van der Waals surface area contributed by atoms with Gasteiger partial charge in [-0.15, -0.1) is 0 Å². The van der Waals surface area contributed by atoms with E-state index in [4.69, 9.17) is 0 Å². The van der Waals surface area contributed by atoms with Gasteiger partial charge in [-0.1, -0.05) is 18.9 Å². The lowest BCUT2D eigenvalue weighted by Crippen LogP contribution is -2.33. The van der Waals surface area contributed by atoms with Gasteiger partial charge >= 0.3 is 0 Å². The van der Waals surface area contributed by atoms with Gasteiger partial charge in [0.1, 0.15) is 5.82 Å². The quantitative estimate of drug-likeness (QED) is 0.916. The van der Waals surface area contributed by atoms with Crippen molar-refractivity contribution in [2.45, 2.75) is 38.1 Å². The van der Waals surface area contributed by atoms with Crippen LogP contribution in [0.15, 0.2) is 42.5 Å². The number of benzene rings is 2. The van der Waals surface area contributed by atoms with E-state index in [1.165, 1.54) is 24.3 Å². The molecule has 0 radical (unpaired) electrons. The Morgan fingerprint density at radius 1 is 1.04 bits per heavy atom. The van der Waals surface area contributed by atoms with Crippen molar-refractivity contribution in [2.75, 3.05) is 11.4 Å². The summed E-state index contributed by atoms with van der Waals surface area (Å²) in [7, 11) is 0. The number of carbonyl (C=O) groups is 2. The molecule has 1 N–H and O–H groups in total. The van der Waals surface area contributed by atoms with Gasteiger partial charge in [0.15, 0.2) is 0 Å². The zero-order valence-corrected chi connectivity index (χ0v) is 14.5. The Balaban J connectivity index is 1.58. The molecule has 0 saturated heterocycles. The Morgan fingerprint density at radius 2 is 1.77 bits per heavy atom. The monoisotopic (exact) mass is 352 g/mol. The zero-order valence-electron chi connectivity index (χ0n) is 14.5. The molecule has 2 amide bonds. The summed E-state index contributed by atoms with van der Waals surface area (Å²) in [6, 6.07) is 11.3. The molecule has 0 spiro atoms.